The van der Waals surface area contributed by atoms with Crippen LogP contribution in [0.3, 0.4) is 0 Å². The predicted molar refractivity (Wildman–Crippen MR) is 101 cm³/mol. The van der Waals surface area contributed by atoms with Crippen molar-refractivity contribution in [1.29, 1.82) is 0 Å². The molecule has 0 aromatic heterocycles. The minimum absolute atomic E-state index is 0.0133. The topological polar surface area (TPSA) is 101 Å². The monoisotopic (exact) mass is 320 g/mol. The Morgan fingerprint density at radius 3 is 1.33 bits per heavy atom. The number of benzene rings is 2. The van der Waals surface area contributed by atoms with Crippen LogP contribution in [0.1, 0.15) is 22.3 Å². The van der Waals surface area contributed by atoms with E-state index in [4.69, 9.17) is 11.5 Å². The van der Waals surface area contributed by atoms with Crippen LogP contribution in [0.25, 0.3) is 0 Å². The highest BCUT2D eigenvalue weighted by Gasteiger charge is 1.97. The summed E-state index contributed by atoms with van der Waals surface area (Å²) in [5.74, 6) is 0.0267. The van der Waals surface area contributed by atoms with Crippen LogP contribution < -0.4 is 11.5 Å². The van der Waals surface area contributed by atoms with Gasteiger partial charge in [0.1, 0.15) is 0 Å². The normalized spacial score (nSPS) is 13.1. The van der Waals surface area contributed by atoms with Crippen LogP contribution >= 0.6 is 0 Å². The number of hydrogen-bond donors (Lipinski definition) is 2. The highest BCUT2D eigenvalue weighted by atomic mass is 15.3. The van der Waals surface area contributed by atoms with Crippen molar-refractivity contribution in [2.24, 2.45) is 31.9 Å². The van der Waals surface area contributed by atoms with Crippen LogP contribution in [0.2, 0.25) is 0 Å². The molecule has 0 bridgehead atoms. The molecule has 2 rings (SSSR count). The molecule has 0 atom stereocenters. The summed E-state index contributed by atoms with van der Waals surface area (Å²) < 4.78 is 0. The molecule has 122 valence electrons. The molecule has 0 saturated carbocycles. The fourth-order valence-electron chi connectivity index (χ4n) is 1.72. The standard InChI is InChI=1S/C18H20N6/c1-13-3-7-15(8-4-13)11-21-23-17(19)18(20)24-22-12-16-9-5-14(2)6-10-16/h3-12H,1-2H3,(H2,19,23)(H2,20,24)/b21-11+,22-12+. The minimum Gasteiger partial charge on any atom is -0.379 e. The first-order chi connectivity index (χ1) is 11.5. The van der Waals surface area contributed by atoms with E-state index in [9.17, 15) is 0 Å². The molecule has 0 heterocycles. The Balaban J connectivity index is 1.98. The molecule has 4 N–H and O–H groups in total. The van der Waals surface area contributed by atoms with Gasteiger partial charge in [0, 0.05) is 0 Å². The summed E-state index contributed by atoms with van der Waals surface area (Å²) in [5.41, 5.74) is 15.6. The second-order valence-electron chi connectivity index (χ2n) is 5.28. The van der Waals surface area contributed by atoms with Crippen LogP contribution in [0, 0.1) is 13.8 Å². The lowest BCUT2D eigenvalue weighted by Crippen LogP contribution is -2.30. The van der Waals surface area contributed by atoms with E-state index in [1.54, 1.807) is 12.4 Å². The third-order valence-corrected chi connectivity index (χ3v) is 3.16. The number of rotatable bonds is 4. The Morgan fingerprint density at radius 1 is 0.667 bits per heavy atom. The smallest absolute Gasteiger partial charge is 0.190 e. The maximum absolute atomic E-state index is 5.71. The van der Waals surface area contributed by atoms with Gasteiger partial charge in [-0.3, -0.25) is 0 Å². The molecule has 2 aromatic carbocycles. The van der Waals surface area contributed by atoms with Crippen molar-refractivity contribution in [2.45, 2.75) is 13.8 Å². The largest absolute Gasteiger partial charge is 0.379 e. The zero-order valence-electron chi connectivity index (χ0n) is 13.7. The van der Waals surface area contributed by atoms with Crippen LogP contribution in [0.5, 0.6) is 0 Å². The van der Waals surface area contributed by atoms with Crippen molar-refractivity contribution < 1.29 is 0 Å². The molecule has 6 heteroatoms. The van der Waals surface area contributed by atoms with Crippen LogP contribution in [0.4, 0.5) is 0 Å². The number of nitrogens with zero attached hydrogens (tertiary/aromatic N) is 4. The number of nitrogens with two attached hydrogens (primary N) is 2. The van der Waals surface area contributed by atoms with Gasteiger partial charge in [0.15, 0.2) is 11.7 Å². The summed E-state index contributed by atoms with van der Waals surface area (Å²) in [4.78, 5) is 0. The van der Waals surface area contributed by atoms with Crippen molar-refractivity contribution in [1.82, 2.24) is 0 Å². The maximum atomic E-state index is 5.71. The molecular formula is C18H20N6. The van der Waals surface area contributed by atoms with Crippen molar-refractivity contribution in [3.05, 3.63) is 70.8 Å². The number of amidine groups is 2. The lowest BCUT2D eigenvalue weighted by Gasteiger charge is -1.95. The Morgan fingerprint density at radius 2 is 1.00 bits per heavy atom. The van der Waals surface area contributed by atoms with Gasteiger partial charge in [-0.05, 0) is 25.0 Å². The number of hydrogen-bond acceptors (Lipinski definition) is 4. The quantitative estimate of drug-likeness (QED) is 0.513. The van der Waals surface area contributed by atoms with E-state index in [-0.39, 0.29) is 11.7 Å². The average Bonchev–Trinajstić information content (AvgIpc) is 2.58. The van der Waals surface area contributed by atoms with Crippen LogP contribution in [0.15, 0.2) is 68.9 Å². The maximum Gasteiger partial charge on any atom is 0.190 e. The highest BCUT2D eigenvalue weighted by Crippen LogP contribution is 2.01. The molecule has 0 saturated heterocycles. The van der Waals surface area contributed by atoms with Crippen LogP contribution in [-0.2, 0) is 0 Å². The second kappa shape index (κ2) is 8.38. The summed E-state index contributed by atoms with van der Waals surface area (Å²) >= 11 is 0. The molecule has 6 nitrogen and oxygen atoms in total. The third-order valence-electron chi connectivity index (χ3n) is 3.16. The third kappa shape index (κ3) is 5.49. The van der Waals surface area contributed by atoms with Crippen molar-refractivity contribution >= 4 is 24.1 Å². The van der Waals surface area contributed by atoms with E-state index in [0.29, 0.717) is 0 Å². The van der Waals surface area contributed by atoms with Gasteiger partial charge in [0.2, 0.25) is 0 Å². The van der Waals surface area contributed by atoms with Gasteiger partial charge in [-0.25, -0.2) is 0 Å². The highest BCUT2D eigenvalue weighted by molar-refractivity contribution is 6.39. The zero-order chi connectivity index (χ0) is 17.4. The van der Waals surface area contributed by atoms with Gasteiger partial charge in [-0.15, -0.1) is 10.2 Å². The van der Waals surface area contributed by atoms with E-state index in [2.05, 4.69) is 20.4 Å². The molecule has 0 spiro atoms. The summed E-state index contributed by atoms with van der Waals surface area (Å²) in [6, 6.07) is 15.7. The molecule has 0 amide bonds. The second-order valence-corrected chi connectivity index (χ2v) is 5.28. The van der Waals surface area contributed by atoms with Gasteiger partial charge in [-0.2, -0.15) is 10.2 Å². The van der Waals surface area contributed by atoms with E-state index >= 15 is 0 Å². The molecule has 24 heavy (non-hydrogen) atoms. The molecule has 0 aliphatic carbocycles. The summed E-state index contributed by atoms with van der Waals surface area (Å²) in [7, 11) is 0. The van der Waals surface area contributed by atoms with Crippen molar-refractivity contribution in [3.8, 4) is 0 Å². The Hall–Kier alpha value is -3.28. The fourth-order valence-corrected chi connectivity index (χ4v) is 1.72. The molecule has 0 aliphatic heterocycles. The van der Waals surface area contributed by atoms with Gasteiger partial charge in [-0.1, -0.05) is 59.7 Å². The predicted octanol–water partition coefficient (Wildman–Crippen LogP) is 2.39. The summed E-state index contributed by atoms with van der Waals surface area (Å²) in [6.45, 7) is 4.04. The lowest BCUT2D eigenvalue weighted by atomic mass is 10.2. The first-order valence-electron chi connectivity index (χ1n) is 7.41. The van der Waals surface area contributed by atoms with Gasteiger partial charge >= 0.3 is 0 Å². The van der Waals surface area contributed by atoms with Crippen molar-refractivity contribution in [3.63, 3.8) is 0 Å². The molecule has 0 radical (unpaired) electrons. The average molecular weight is 320 g/mol. The molecule has 2 aromatic rings. The summed E-state index contributed by atoms with van der Waals surface area (Å²) in [6.07, 6.45) is 3.18. The zero-order valence-corrected chi connectivity index (χ0v) is 13.7. The Bertz CT molecular complexity index is 714. The van der Waals surface area contributed by atoms with E-state index in [1.165, 1.54) is 11.1 Å². The Kier molecular flexibility index (Phi) is 5.96. The van der Waals surface area contributed by atoms with Crippen LogP contribution in [-0.4, -0.2) is 24.1 Å². The molecular weight excluding hydrogens is 300 g/mol. The first kappa shape index (κ1) is 17.1. The van der Waals surface area contributed by atoms with Crippen molar-refractivity contribution in [2.75, 3.05) is 0 Å². The molecule has 0 fully saturated rings. The van der Waals surface area contributed by atoms with E-state index < -0.39 is 0 Å². The number of aryl methyl sites for hydroxylation is 2. The SMILES string of the molecule is Cc1ccc(/C=N/N=C(N)C(N)=N/N=C/c2ccc(C)cc2)cc1. The summed E-state index contributed by atoms with van der Waals surface area (Å²) in [5, 5.41) is 15.4. The van der Waals surface area contributed by atoms with E-state index in [0.717, 1.165) is 11.1 Å². The van der Waals surface area contributed by atoms with E-state index in [1.807, 2.05) is 62.4 Å². The lowest BCUT2D eigenvalue weighted by molar-refractivity contribution is 1.21. The minimum atomic E-state index is 0.0133. The van der Waals surface area contributed by atoms with Gasteiger partial charge in [0.05, 0.1) is 12.4 Å². The molecule has 0 aliphatic rings. The molecule has 0 unspecified atom stereocenters. The fraction of sp³-hybridized carbons (Fsp3) is 0.111. The van der Waals surface area contributed by atoms with Gasteiger partial charge in [0.25, 0.3) is 0 Å². The Labute approximate surface area is 141 Å². The van der Waals surface area contributed by atoms with Gasteiger partial charge < -0.3 is 11.5 Å². The first-order valence-corrected chi connectivity index (χ1v) is 7.41.